The molecule has 1 saturated carbocycles. The third-order valence-corrected chi connectivity index (χ3v) is 6.63. The van der Waals surface area contributed by atoms with Gasteiger partial charge in [-0.15, -0.1) is 0 Å². The molecule has 0 atom stereocenters. The van der Waals surface area contributed by atoms with Gasteiger partial charge in [-0.3, -0.25) is 0 Å². The van der Waals surface area contributed by atoms with Gasteiger partial charge in [0.15, 0.2) is 5.88 Å². The molecule has 0 bridgehead atoms. The van der Waals surface area contributed by atoms with E-state index < -0.39 is 16.0 Å². The van der Waals surface area contributed by atoms with Crippen LogP contribution in [0.1, 0.15) is 46.0 Å². The molecule has 0 spiro atoms. The molecule has 1 aliphatic carbocycles. The molecule has 1 aliphatic rings. The average molecular weight is 465 g/mol. The Morgan fingerprint density at radius 3 is 2.38 bits per heavy atom. The molecule has 0 heterocycles. The maximum Gasteiger partial charge on any atom is 0.336 e. The van der Waals surface area contributed by atoms with Gasteiger partial charge in [0, 0.05) is 6.04 Å². The third-order valence-electron chi connectivity index (χ3n) is 4.33. The quantitative estimate of drug-likeness (QED) is 0.318. The van der Waals surface area contributed by atoms with Crippen LogP contribution in [0.2, 0.25) is 10.0 Å². The standard InChI is InChI=1S/C19H26Cl2N2O5S/c1-3-27-18(12-19(24)28-4-2)22-16-10-15(21)17(11-14(16)20)29(25,26)23-13-8-6-5-7-9-13/h10-13,22-23H,3-9H2,1-2H3. The van der Waals surface area contributed by atoms with Crippen molar-refractivity contribution in [2.24, 2.45) is 0 Å². The zero-order chi connectivity index (χ0) is 21.4. The summed E-state index contributed by atoms with van der Waals surface area (Å²) in [5, 5.41) is 2.97. The Morgan fingerprint density at radius 2 is 1.76 bits per heavy atom. The van der Waals surface area contributed by atoms with Crippen molar-refractivity contribution in [3.05, 3.63) is 34.1 Å². The summed E-state index contributed by atoms with van der Waals surface area (Å²) >= 11 is 12.5. The van der Waals surface area contributed by atoms with Crippen LogP contribution >= 0.6 is 23.2 Å². The molecule has 162 valence electrons. The van der Waals surface area contributed by atoms with E-state index in [1.807, 2.05) is 0 Å². The molecule has 0 saturated heterocycles. The second-order valence-electron chi connectivity index (χ2n) is 6.54. The van der Waals surface area contributed by atoms with Crippen LogP contribution in [0.15, 0.2) is 29.0 Å². The van der Waals surface area contributed by atoms with Crippen LogP contribution in [-0.4, -0.2) is 33.6 Å². The molecule has 1 aromatic rings. The topological polar surface area (TPSA) is 93.7 Å². The number of carbonyl (C=O) groups is 1. The zero-order valence-corrected chi connectivity index (χ0v) is 18.8. The van der Waals surface area contributed by atoms with E-state index in [1.165, 1.54) is 12.1 Å². The lowest BCUT2D eigenvalue weighted by atomic mass is 9.96. The minimum atomic E-state index is -3.81. The average Bonchev–Trinajstić information content (AvgIpc) is 2.65. The molecule has 1 fully saturated rings. The van der Waals surface area contributed by atoms with Gasteiger partial charge < -0.3 is 14.8 Å². The van der Waals surface area contributed by atoms with Crippen LogP contribution in [0.3, 0.4) is 0 Å². The van der Waals surface area contributed by atoms with Crippen molar-refractivity contribution in [1.29, 1.82) is 0 Å². The SMILES string of the molecule is CCOC(=O)C=C(Nc1cc(Cl)c(S(=O)(=O)NC2CCCCC2)cc1Cl)OCC. The number of rotatable bonds is 9. The molecule has 1 aromatic carbocycles. The van der Waals surface area contributed by atoms with Crippen LogP contribution in [-0.2, 0) is 24.3 Å². The van der Waals surface area contributed by atoms with Crippen LogP contribution in [0, 0.1) is 0 Å². The zero-order valence-electron chi connectivity index (χ0n) is 16.5. The van der Waals surface area contributed by atoms with Crippen LogP contribution < -0.4 is 10.0 Å². The Kier molecular flexibility index (Phi) is 9.07. The number of halogens is 2. The minimum Gasteiger partial charge on any atom is -0.479 e. The van der Waals surface area contributed by atoms with Crippen LogP contribution in [0.25, 0.3) is 0 Å². The first-order chi connectivity index (χ1) is 13.8. The summed E-state index contributed by atoms with van der Waals surface area (Å²) in [5.74, 6) is -0.471. The third kappa shape index (κ3) is 7.06. The van der Waals surface area contributed by atoms with Crippen molar-refractivity contribution in [2.45, 2.75) is 56.9 Å². The fourth-order valence-corrected chi connectivity index (χ4v) is 5.16. The predicted octanol–water partition coefficient (Wildman–Crippen LogP) is 4.46. The molecule has 7 nitrogen and oxygen atoms in total. The number of hydrogen-bond acceptors (Lipinski definition) is 6. The number of ether oxygens (including phenoxy) is 2. The van der Waals surface area contributed by atoms with Crippen LogP contribution in [0.4, 0.5) is 5.69 Å². The summed E-state index contributed by atoms with van der Waals surface area (Å²) in [6, 6.07) is 2.57. The van der Waals surface area contributed by atoms with E-state index in [4.69, 9.17) is 32.7 Å². The van der Waals surface area contributed by atoms with E-state index in [1.54, 1.807) is 13.8 Å². The van der Waals surface area contributed by atoms with E-state index in [-0.39, 0.29) is 33.5 Å². The summed E-state index contributed by atoms with van der Waals surface area (Å²) in [5.41, 5.74) is 0.303. The molecule has 2 N–H and O–H groups in total. The lowest BCUT2D eigenvalue weighted by Gasteiger charge is -2.23. The highest BCUT2D eigenvalue weighted by molar-refractivity contribution is 7.89. The Labute approximate surface area is 181 Å². The van der Waals surface area contributed by atoms with Crippen molar-refractivity contribution in [2.75, 3.05) is 18.5 Å². The van der Waals surface area contributed by atoms with Crippen LogP contribution in [0.5, 0.6) is 0 Å². The first-order valence-electron chi connectivity index (χ1n) is 9.56. The van der Waals surface area contributed by atoms with E-state index in [0.717, 1.165) is 38.2 Å². The van der Waals surface area contributed by atoms with Gasteiger partial charge >= 0.3 is 5.97 Å². The second kappa shape index (κ2) is 11.1. The summed E-state index contributed by atoms with van der Waals surface area (Å²) in [6.45, 7) is 3.96. The highest BCUT2D eigenvalue weighted by atomic mass is 35.5. The molecular formula is C19H26Cl2N2O5S. The fraction of sp³-hybridized carbons (Fsp3) is 0.526. The maximum absolute atomic E-state index is 12.8. The molecule has 0 unspecified atom stereocenters. The normalized spacial score (nSPS) is 15.8. The van der Waals surface area contributed by atoms with Crippen molar-refractivity contribution in [1.82, 2.24) is 4.72 Å². The van der Waals surface area contributed by atoms with Gasteiger partial charge in [0.25, 0.3) is 0 Å². The highest BCUT2D eigenvalue weighted by Crippen LogP contribution is 2.33. The first kappa shape index (κ1) is 23.8. The van der Waals surface area contributed by atoms with E-state index in [2.05, 4.69) is 10.0 Å². The second-order valence-corrected chi connectivity index (χ2v) is 9.03. The van der Waals surface area contributed by atoms with Gasteiger partial charge in [-0.2, -0.15) is 0 Å². The molecule has 0 aromatic heterocycles. The molecule has 2 rings (SSSR count). The van der Waals surface area contributed by atoms with E-state index >= 15 is 0 Å². The molecule has 0 amide bonds. The summed E-state index contributed by atoms with van der Waals surface area (Å²) < 4.78 is 38.5. The Bertz CT molecular complexity index is 852. The Morgan fingerprint density at radius 1 is 1.10 bits per heavy atom. The molecule has 0 aliphatic heterocycles. The predicted molar refractivity (Wildman–Crippen MR) is 114 cm³/mol. The minimum absolute atomic E-state index is 0.00666. The van der Waals surface area contributed by atoms with Crippen molar-refractivity contribution >= 4 is 44.9 Å². The van der Waals surface area contributed by atoms with Gasteiger partial charge in [-0.1, -0.05) is 42.5 Å². The Balaban J connectivity index is 2.24. The number of carbonyl (C=O) groups excluding carboxylic acids is 1. The molecular weight excluding hydrogens is 439 g/mol. The number of esters is 1. The molecule has 10 heteroatoms. The number of sulfonamides is 1. The first-order valence-corrected chi connectivity index (χ1v) is 11.8. The van der Waals surface area contributed by atoms with E-state index in [0.29, 0.717) is 12.3 Å². The molecule has 29 heavy (non-hydrogen) atoms. The fourth-order valence-electron chi connectivity index (χ4n) is 3.03. The van der Waals surface area contributed by atoms with Gasteiger partial charge in [0.05, 0.1) is 35.0 Å². The highest BCUT2D eigenvalue weighted by Gasteiger charge is 2.25. The largest absolute Gasteiger partial charge is 0.479 e. The Hall–Kier alpha value is -1.48. The number of hydrogen-bond donors (Lipinski definition) is 2. The van der Waals surface area contributed by atoms with Gasteiger partial charge in [-0.05, 0) is 38.8 Å². The summed E-state index contributed by atoms with van der Waals surface area (Å²) in [6.07, 6.45) is 5.87. The van der Waals surface area contributed by atoms with Crippen molar-refractivity contribution in [3.8, 4) is 0 Å². The molecule has 0 radical (unpaired) electrons. The smallest absolute Gasteiger partial charge is 0.336 e. The number of anilines is 1. The van der Waals surface area contributed by atoms with Gasteiger partial charge in [0.2, 0.25) is 10.0 Å². The van der Waals surface area contributed by atoms with Gasteiger partial charge in [-0.25, -0.2) is 17.9 Å². The lowest BCUT2D eigenvalue weighted by Crippen LogP contribution is -2.36. The monoisotopic (exact) mass is 464 g/mol. The summed E-state index contributed by atoms with van der Waals surface area (Å²) in [4.78, 5) is 11.6. The summed E-state index contributed by atoms with van der Waals surface area (Å²) in [7, 11) is -3.81. The van der Waals surface area contributed by atoms with E-state index in [9.17, 15) is 13.2 Å². The van der Waals surface area contributed by atoms with Gasteiger partial charge in [0.1, 0.15) is 4.90 Å². The van der Waals surface area contributed by atoms with Crippen molar-refractivity contribution < 1.29 is 22.7 Å². The number of nitrogens with one attached hydrogen (secondary N) is 2. The maximum atomic E-state index is 12.8. The lowest BCUT2D eigenvalue weighted by molar-refractivity contribution is -0.137. The number of benzene rings is 1. The van der Waals surface area contributed by atoms with Crippen molar-refractivity contribution in [3.63, 3.8) is 0 Å².